The number of nitrogens with zero attached hydrogens (tertiary/aromatic N) is 5. The van der Waals surface area contributed by atoms with E-state index in [1.165, 1.54) is 0 Å². The first-order valence-electron chi connectivity index (χ1n) is 9.61. The number of hydrogen-bond donors (Lipinski definition) is 0. The predicted octanol–water partition coefficient (Wildman–Crippen LogP) is 2.71. The summed E-state index contributed by atoms with van der Waals surface area (Å²) in [6.07, 6.45) is 1.75. The van der Waals surface area contributed by atoms with Crippen LogP contribution >= 0.6 is 11.6 Å². The third kappa shape index (κ3) is 3.58. The molecule has 1 aromatic carbocycles. The fraction of sp³-hybridized carbons (Fsp3) is 0.450. The molecule has 148 valence electrons. The van der Waals surface area contributed by atoms with E-state index in [-0.39, 0.29) is 5.91 Å². The molecule has 0 aliphatic carbocycles. The van der Waals surface area contributed by atoms with E-state index < -0.39 is 6.10 Å². The minimum Gasteiger partial charge on any atom is -0.382 e. The van der Waals surface area contributed by atoms with Crippen LogP contribution < -0.4 is 4.90 Å². The van der Waals surface area contributed by atoms with Crippen LogP contribution in [0.3, 0.4) is 0 Å². The quantitative estimate of drug-likeness (QED) is 0.790. The minimum absolute atomic E-state index is 0.00466. The van der Waals surface area contributed by atoms with E-state index in [1.807, 2.05) is 47.7 Å². The summed E-state index contributed by atoms with van der Waals surface area (Å²) in [7, 11) is 0. The molecule has 1 saturated heterocycles. The largest absolute Gasteiger partial charge is 0.382 e. The van der Waals surface area contributed by atoms with E-state index in [4.69, 9.17) is 16.4 Å². The highest BCUT2D eigenvalue weighted by atomic mass is 35.5. The third-order valence-corrected chi connectivity index (χ3v) is 5.66. The van der Waals surface area contributed by atoms with Crippen LogP contribution in [-0.4, -0.2) is 58.6 Å². The molecule has 2 aliphatic rings. The summed E-state index contributed by atoms with van der Waals surface area (Å²) in [5.74, 6) is 0.00466. The zero-order valence-electron chi connectivity index (χ0n) is 16.1. The molecule has 0 N–H and O–H groups in total. The highest BCUT2D eigenvalue weighted by Gasteiger charge is 2.34. The van der Waals surface area contributed by atoms with Crippen LogP contribution in [-0.2, 0) is 16.2 Å². The van der Waals surface area contributed by atoms with Crippen molar-refractivity contribution in [3.05, 3.63) is 46.7 Å². The lowest BCUT2D eigenvalue weighted by Gasteiger charge is -2.36. The highest BCUT2D eigenvalue weighted by molar-refractivity contribution is 6.30. The van der Waals surface area contributed by atoms with Crippen LogP contribution in [0.5, 0.6) is 0 Å². The predicted molar refractivity (Wildman–Crippen MR) is 109 cm³/mol. The molecule has 1 atom stereocenters. The van der Waals surface area contributed by atoms with Gasteiger partial charge in [-0.15, -0.1) is 0 Å². The first-order valence-corrected chi connectivity index (χ1v) is 9.99. The number of aromatic nitrogens is 2. The standard InChI is InChI=1S/C20H24ClN5O2/c1-3-26-14(2)17(13-22-26)18-12-19(28-23-18)20(27)25-9-7-24(8-10-25)16-6-4-5-15(21)11-16/h4-6,11,13,19H,3,7-10,12H2,1-2H3/t19-/m0/s1. The van der Waals surface area contributed by atoms with E-state index >= 15 is 0 Å². The molecule has 0 spiro atoms. The SMILES string of the molecule is CCn1ncc(C2=NO[C@H](C(=O)N3CCN(c4cccc(Cl)c4)CC3)C2)c1C. The summed E-state index contributed by atoms with van der Waals surface area (Å²) < 4.78 is 1.92. The van der Waals surface area contributed by atoms with Crippen molar-refractivity contribution in [2.24, 2.45) is 5.16 Å². The Morgan fingerprint density at radius 3 is 2.75 bits per heavy atom. The zero-order valence-corrected chi connectivity index (χ0v) is 16.9. The normalized spacial score (nSPS) is 19.5. The lowest BCUT2D eigenvalue weighted by Crippen LogP contribution is -2.51. The Morgan fingerprint density at radius 1 is 1.29 bits per heavy atom. The second kappa shape index (κ2) is 7.83. The maximum atomic E-state index is 12.9. The van der Waals surface area contributed by atoms with Crippen LogP contribution in [0.15, 0.2) is 35.6 Å². The Hall–Kier alpha value is -2.54. The van der Waals surface area contributed by atoms with Gasteiger partial charge < -0.3 is 14.6 Å². The van der Waals surface area contributed by atoms with Crippen molar-refractivity contribution in [1.29, 1.82) is 0 Å². The van der Waals surface area contributed by atoms with Crippen molar-refractivity contribution in [1.82, 2.24) is 14.7 Å². The van der Waals surface area contributed by atoms with Gasteiger partial charge in [0, 0.05) is 61.1 Å². The van der Waals surface area contributed by atoms with Gasteiger partial charge in [-0.05, 0) is 32.0 Å². The number of halogens is 1. The molecule has 1 aromatic heterocycles. The number of carbonyl (C=O) groups is 1. The fourth-order valence-electron chi connectivity index (χ4n) is 3.78. The molecule has 2 aliphatic heterocycles. The first-order chi connectivity index (χ1) is 13.6. The second-order valence-electron chi connectivity index (χ2n) is 7.09. The molecular formula is C20H24ClN5O2. The highest BCUT2D eigenvalue weighted by Crippen LogP contribution is 2.23. The number of aryl methyl sites for hydroxylation is 1. The van der Waals surface area contributed by atoms with E-state index in [1.54, 1.807) is 6.20 Å². The van der Waals surface area contributed by atoms with Gasteiger partial charge in [0.05, 0.1) is 11.9 Å². The van der Waals surface area contributed by atoms with E-state index in [0.717, 1.165) is 47.3 Å². The smallest absolute Gasteiger partial charge is 0.267 e. The molecule has 1 fully saturated rings. The average molecular weight is 402 g/mol. The summed E-state index contributed by atoms with van der Waals surface area (Å²) in [5.41, 5.74) is 3.90. The van der Waals surface area contributed by atoms with E-state index in [2.05, 4.69) is 15.2 Å². The second-order valence-corrected chi connectivity index (χ2v) is 7.52. The number of piperazine rings is 1. The molecule has 0 unspecified atom stereocenters. The topological polar surface area (TPSA) is 63.0 Å². The maximum Gasteiger partial charge on any atom is 0.267 e. The van der Waals surface area contributed by atoms with Gasteiger partial charge in [-0.25, -0.2) is 0 Å². The monoisotopic (exact) mass is 401 g/mol. The summed E-state index contributed by atoms with van der Waals surface area (Å²) in [4.78, 5) is 22.5. The number of rotatable bonds is 4. The summed E-state index contributed by atoms with van der Waals surface area (Å²) in [6.45, 7) is 7.73. The van der Waals surface area contributed by atoms with Crippen molar-refractivity contribution in [3.63, 3.8) is 0 Å². The summed E-state index contributed by atoms with van der Waals surface area (Å²) in [5, 5.41) is 9.25. The van der Waals surface area contributed by atoms with Gasteiger partial charge in [-0.2, -0.15) is 5.10 Å². The van der Waals surface area contributed by atoms with E-state index in [0.29, 0.717) is 19.5 Å². The molecule has 2 aromatic rings. The van der Waals surface area contributed by atoms with Crippen LogP contribution in [0.25, 0.3) is 0 Å². The van der Waals surface area contributed by atoms with Crippen molar-refractivity contribution < 1.29 is 9.63 Å². The number of oxime groups is 1. The van der Waals surface area contributed by atoms with Crippen molar-refractivity contribution >= 4 is 28.9 Å². The average Bonchev–Trinajstić information content (AvgIpc) is 3.34. The minimum atomic E-state index is -0.544. The van der Waals surface area contributed by atoms with Crippen LogP contribution in [0.2, 0.25) is 5.02 Å². The van der Waals surface area contributed by atoms with Crippen molar-refractivity contribution in [2.75, 3.05) is 31.1 Å². The molecular weight excluding hydrogens is 378 g/mol. The Balaban J connectivity index is 1.34. The van der Waals surface area contributed by atoms with Crippen LogP contribution in [0.1, 0.15) is 24.6 Å². The van der Waals surface area contributed by atoms with Gasteiger partial charge in [0.15, 0.2) is 0 Å². The Kier molecular flexibility index (Phi) is 5.26. The molecule has 28 heavy (non-hydrogen) atoms. The van der Waals surface area contributed by atoms with Gasteiger partial charge in [0.1, 0.15) is 0 Å². The number of carbonyl (C=O) groups excluding carboxylic acids is 1. The van der Waals surface area contributed by atoms with Gasteiger partial charge in [-0.3, -0.25) is 9.48 Å². The molecule has 0 radical (unpaired) electrons. The number of hydrogen-bond acceptors (Lipinski definition) is 5. The molecule has 8 heteroatoms. The molecule has 7 nitrogen and oxygen atoms in total. The molecule has 3 heterocycles. The molecule has 1 amide bonds. The van der Waals surface area contributed by atoms with Crippen LogP contribution in [0, 0.1) is 6.92 Å². The fourth-order valence-corrected chi connectivity index (χ4v) is 3.96. The Labute approximate surface area is 169 Å². The lowest BCUT2D eigenvalue weighted by atomic mass is 10.0. The maximum absolute atomic E-state index is 12.9. The van der Waals surface area contributed by atoms with E-state index in [9.17, 15) is 4.79 Å². The van der Waals surface area contributed by atoms with Crippen LogP contribution in [0.4, 0.5) is 5.69 Å². The summed E-state index contributed by atoms with van der Waals surface area (Å²) >= 11 is 6.09. The summed E-state index contributed by atoms with van der Waals surface area (Å²) in [6, 6.07) is 7.81. The van der Waals surface area contributed by atoms with Gasteiger partial charge in [-0.1, -0.05) is 22.8 Å². The first kappa shape index (κ1) is 18.8. The van der Waals surface area contributed by atoms with Gasteiger partial charge in [0.2, 0.25) is 6.10 Å². The molecule has 0 bridgehead atoms. The third-order valence-electron chi connectivity index (χ3n) is 5.42. The molecule has 4 rings (SSSR count). The van der Waals surface area contributed by atoms with Crippen molar-refractivity contribution in [2.45, 2.75) is 32.9 Å². The number of benzene rings is 1. The zero-order chi connectivity index (χ0) is 19.7. The Morgan fingerprint density at radius 2 is 2.07 bits per heavy atom. The van der Waals surface area contributed by atoms with Gasteiger partial charge >= 0.3 is 0 Å². The Bertz CT molecular complexity index is 902. The number of amides is 1. The number of anilines is 1. The van der Waals surface area contributed by atoms with Crippen molar-refractivity contribution in [3.8, 4) is 0 Å². The molecule has 0 saturated carbocycles. The van der Waals surface area contributed by atoms with Gasteiger partial charge in [0.25, 0.3) is 5.91 Å². The lowest BCUT2D eigenvalue weighted by molar-refractivity contribution is -0.142.